The van der Waals surface area contributed by atoms with Crippen LogP contribution in [0.4, 0.5) is 10.5 Å². The van der Waals surface area contributed by atoms with Crippen LogP contribution in [0.25, 0.3) is 5.65 Å². The Morgan fingerprint density at radius 1 is 1.11 bits per heavy atom. The minimum Gasteiger partial charge on any atom is -0.497 e. The molecule has 0 aliphatic carbocycles. The molecule has 0 spiro atoms. The monoisotopic (exact) mass is 379 g/mol. The Labute approximate surface area is 164 Å². The molecule has 2 amide bonds. The average Bonchev–Trinajstić information content (AvgIpc) is 3.16. The lowest BCUT2D eigenvalue weighted by atomic mass is 10.2. The smallest absolute Gasteiger partial charge is 0.317 e. The van der Waals surface area contributed by atoms with Gasteiger partial charge in [0, 0.05) is 57.2 Å². The SMILES string of the molecule is COc1ccc(N2CCN(C(=O)NCCc3cn4ccccc4n3)CC2)cc1. The van der Waals surface area contributed by atoms with Gasteiger partial charge in [-0.15, -0.1) is 0 Å². The predicted molar refractivity (Wildman–Crippen MR) is 109 cm³/mol. The van der Waals surface area contributed by atoms with Crippen LogP contribution in [0.1, 0.15) is 5.69 Å². The van der Waals surface area contributed by atoms with Crippen LogP contribution in [-0.2, 0) is 6.42 Å². The quantitative estimate of drug-likeness (QED) is 0.740. The highest BCUT2D eigenvalue weighted by Gasteiger charge is 2.21. The van der Waals surface area contributed by atoms with Crippen LogP contribution in [0.3, 0.4) is 0 Å². The summed E-state index contributed by atoms with van der Waals surface area (Å²) in [4.78, 5) is 21.2. The van der Waals surface area contributed by atoms with Crippen molar-refractivity contribution in [2.75, 3.05) is 44.7 Å². The molecule has 7 nitrogen and oxygen atoms in total. The number of nitrogens with one attached hydrogen (secondary N) is 1. The molecule has 1 fully saturated rings. The second-order valence-corrected chi connectivity index (χ2v) is 6.85. The average molecular weight is 379 g/mol. The zero-order valence-electron chi connectivity index (χ0n) is 16.0. The summed E-state index contributed by atoms with van der Waals surface area (Å²) >= 11 is 0. The molecule has 1 aromatic carbocycles. The van der Waals surface area contributed by atoms with Gasteiger partial charge in [-0.3, -0.25) is 0 Å². The number of imidazole rings is 1. The number of nitrogens with zero attached hydrogens (tertiary/aromatic N) is 4. The van der Waals surface area contributed by atoms with Crippen molar-refractivity contribution in [3.05, 3.63) is 60.6 Å². The lowest BCUT2D eigenvalue weighted by Crippen LogP contribution is -2.52. The number of anilines is 1. The van der Waals surface area contributed by atoms with E-state index in [9.17, 15) is 4.79 Å². The third kappa shape index (κ3) is 4.03. The fraction of sp³-hybridized carbons (Fsp3) is 0.333. The lowest BCUT2D eigenvalue weighted by molar-refractivity contribution is 0.194. The topological polar surface area (TPSA) is 62.1 Å². The van der Waals surface area contributed by atoms with Gasteiger partial charge in [0.1, 0.15) is 11.4 Å². The molecule has 1 N–H and O–H groups in total. The Morgan fingerprint density at radius 2 is 1.89 bits per heavy atom. The van der Waals surface area contributed by atoms with Gasteiger partial charge in [-0.25, -0.2) is 9.78 Å². The van der Waals surface area contributed by atoms with E-state index < -0.39 is 0 Å². The van der Waals surface area contributed by atoms with Crippen LogP contribution in [-0.4, -0.2) is 60.1 Å². The Morgan fingerprint density at radius 3 is 2.61 bits per heavy atom. The number of aromatic nitrogens is 2. The number of fused-ring (bicyclic) bond motifs is 1. The molecule has 3 aromatic rings. The van der Waals surface area contributed by atoms with Crippen molar-refractivity contribution in [1.82, 2.24) is 19.6 Å². The summed E-state index contributed by atoms with van der Waals surface area (Å²) in [6, 6.07) is 14.0. The first-order chi connectivity index (χ1) is 13.7. The number of hydrogen-bond donors (Lipinski definition) is 1. The highest BCUT2D eigenvalue weighted by atomic mass is 16.5. The van der Waals surface area contributed by atoms with Gasteiger partial charge in [0.05, 0.1) is 12.8 Å². The van der Waals surface area contributed by atoms with E-state index in [1.165, 1.54) is 0 Å². The van der Waals surface area contributed by atoms with E-state index in [1.807, 2.05) is 52.0 Å². The summed E-state index contributed by atoms with van der Waals surface area (Å²) < 4.78 is 7.20. The normalized spacial score (nSPS) is 14.3. The Balaban J connectivity index is 1.23. The fourth-order valence-corrected chi connectivity index (χ4v) is 3.48. The Kier molecular flexibility index (Phi) is 5.32. The fourth-order valence-electron chi connectivity index (χ4n) is 3.48. The summed E-state index contributed by atoms with van der Waals surface area (Å²) in [5.41, 5.74) is 3.07. The molecule has 146 valence electrons. The molecule has 0 radical (unpaired) electrons. The third-order valence-corrected chi connectivity index (χ3v) is 5.08. The minimum atomic E-state index is -0.00172. The number of rotatable bonds is 5. The maximum Gasteiger partial charge on any atom is 0.317 e. The van der Waals surface area contributed by atoms with Crippen molar-refractivity contribution in [2.24, 2.45) is 0 Å². The van der Waals surface area contributed by atoms with E-state index >= 15 is 0 Å². The van der Waals surface area contributed by atoms with E-state index in [1.54, 1.807) is 7.11 Å². The van der Waals surface area contributed by atoms with Crippen molar-refractivity contribution in [3.8, 4) is 5.75 Å². The van der Waals surface area contributed by atoms with E-state index in [0.29, 0.717) is 19.6 Å². The molecule has 4 rings (SSSR count). The molecule has 28 heavy (non-hydrogen) atoms. The zero-order valence-corrected chi connectivity index (χ0v) is 16.0. The highest BCUT2D eigenvalue weighted by Crippen LogP contribution is 2.20. The molecule has 2 aromatic heterocycles. The van der Waals surface area contributed by atoms with Crippen LogP contribution in [0.15, 0.2) is 54.9 Å². The minimum absolute atomic E-state index is 0.00172. The lowest BCUT2D eigenvalue weighted by Gasteiger charge is -2.36. The van der Waals surface area contributed by atoms with Crippen LogP contribution >= 0.6 is 0 Å². The van der Waals surface area contributed by atoms with Gasteiger partial charge in [0.25, 0.3) is 0 Å². The zero-order chi connectivity index (χ0) is 19.3. The van der Waals surface area contributed by atoms with E-state index in [4.69, 9.17) is 4.74 Å². The van der Waals surface area contributed by atoms with E-state index in [-0.39, 0.29) is 6.03 Å². The summed E-state index contributed by atoms with van der Waals surface area (Å²) in [6.45, 7) is 3.66. The third-order valence-electron chi connectivity index (χ3n) is 5.08. The molecule has 3 heterocycles. The van der Waals surface area contributed by atoms with Gasteiger partial charge in [-0.2, -0.15) is 0 Å². The predicted octanol–water partition coefficient (Wildman–Crippen LogP) is 2.42. The largest absolute Gasteiger partial charge is 0.497 e. The van der Waals surface area contributed by atoms with Gasteiger partial charge in [-0.05, 0) is 36.4 Å². The molecule has 0 bridgehead atoms. The van der Waals surface area contributed by atoms with Gasteiger partial charge in [0.2, 0.25) is 0 Å². The summed E-state index contributed by atoms with van der Waals surface area (Å²) in [5, 5.41) is 3.02. The number of ether oxygens (including phenoxy) is 1. The molecule has 1 saturated heterocycles. The van der Waals surface area contributed by atoms with Crippen molar-refractivity contribution < 1.29 is 9.53 Å². The summed E-state index contributed by atoms with van der Waals surface area (Å²) in [5.74, 6) is 0.854. The first kappa shape index (κ1) is 18.2. The number of urea groups is 1. The molecular weight excluding hydrogens is 354 g/mol. The number of benzene rings is 1. The van der Waals surface area contributed by atoms with Crippen LogP contribution in [0, 0.1) is 0 Å². The van der Waals surface area contributed by atoms with Crippen molar-refractivity contribution in [3.63, 3.8) is 0 Å². The van der Waals surface area contributed by atoms with Gasteiger partial charge >= 0.3 is 6.03 Å². The second-order valence-electron chi connectivity index (χ2n) is 6.85. The number of piperazine rings is 1. The van der Waals surface area contributed by atoms with Crippen LogP contribution in [0.5, 0.6) is 5.75 Å². The van der Waals surface area contributed by atoms with Crippen molar-refractivity contribution >= 4 is 17.4 Å². The molecular formula is C21H25N5O2. The first-order valence-corrected chi connectivity index (χ1v) is 9.57. The number of carbonyl (C=O) groups is 1. The number of pyridine rings is 1. The molecule has 0 saturated carbocycles. The number of methoxy groups -OCH3 is 1. The Hall–Kier alpha value is -3.22. The van der Waals surface area contributed by atoms with Gasteiger partial charge < -0.3 is 24.3 Å². The van der Waals surface area contributed by atoms with Crippen LogP contribution < -0.4 is 15.0 Å². The Bertz CT molecular complexity index is 896. The van der Waals surface area contributed by atoms with E-state index in [0.717, 1.165) is 42.3 Å². The first-order valence-electron chi connectivity index (χ1n) is 9.57. The summed E-state index contributed by atoms with van der Waals surface area (Å²) in [7, 11) is 1.67. The van der Waals surface area contributed by atoms with Gasteiger partial charge in [-0.1, -0.05) is 6.07 Å². The molecule has 0 atom stereocenters. The van der Waals surface area contributed by atoms with Crippen molar-refractivity contribution in [2.45, 2.75) is 6.42 Å². The number of hydrogen-bond acceptors (Lipinski definition) is 4. The van der Waals surface area contributed by atoms with Crippen molar-refractivity contribution in [1.29, 1.82) is 0 Å². The van der Waals surface area contributed by atoms with E-state index in [2.05, 4.69) is 27.3 Å². The second kappa shape index (κ2) is 8.21. The van der Waals surface area contributed by atoms with Crippen LogP contribution in [0.2, 0.25) is 0 Å². The molecule has 7 heteroatoms. The molecule has 0 unspecified atom stereocenters. The maximum atomic E-state index is 12.4. The molecule has 1 aliphatic heterocycles. The summed E-state index contributed by atoms with van der Waals surface area (Å²) in [6.07, 6.45) is 4.71. The molecule has 1 aliphatic rings. The van der Waals surface area contributed by atoms with Gasteiger partial charge in [0.15, 0.2) is 0 Å². The number of carbonyl (C=O) groups excluding carboxylic acids is 1. The number of amides is 2. The standard InChI is InChI=1S/C21H25N5O2/c1-28-19-7-5-18(6-8-19)24-12-14-25(15-13-24)21(27)22-10-9-17-16-26-11-3-2-4-20(26)23-17/h2-8,11,16H,9-10,12-15H2,1H3,(H,22,27). The highest BCUT2D eigenvalue weighted by molar-refractivity contribution is 5.74. The maximum absolute atomic E-state index is 12.4.